The predicted molar refractivity (Wildman–Crippen MR) is 90.8 cm³/mol. The normalized spacial score (nSPS) is 10.2. The molecule has 1 aromatic heterocycles. The van der Waals surface area contributed by atoms with Gasteiger partial charge in [-0.2, -0.15) is 5.26 Å². The van der Waals surface area contributed by atoms with Crippen molar-refractivity contribution in [3.05, 3.63) is 76.1 Å². The van der Waals surface area contributed by atoms with Gasteiger partial charge >= 0.3 is 0 Å². The molecule has 0 bridgehead atoms. The van der Waals surface area contributed by atoms with Gasteiger partial charge in [0.1, 0.15) is 23.3 Å². The van der Waals surface area contributed by atoms with Crippen molar-refractivity contribution in [2.45, 2.75) is 0 Å². The molecule has 0 aliphatic carbocycles. The molecule has 3 rings (SSSR count). The number of hydrogen-bond acceptors (Lipinski definition) is 5. The van der Waals surface area contributed by atoms with E-state index in [-0.39, 0.29) is 22.9 Å². The molecule has 0 saturated heterocycles. The lowest BCUT2D eigenvalue weighted by Crippen LogP contribution is -2.00. The summed E-state index contributed by atoms with van der Waals surface area (Å²) < 4.78 is 13.2. The van der Waals surface area contributed by atoms with Crippen LogP contribution in [-0.2, 0) is 0 Å². The van der Waals surface area contributed by atoms with Crippen molar-refractivity contribution in [3.63, 3.8) is 0 Å². The number of nitro groups is 1. The first-order valence-electron chi connectivity index (χ1n) is 7.21. The molecular weight excluding hydrogens is 323 g/mol. The van der Waals surface area contributed by atoms with Gasteiger partial charge in [-0.25, -0.2) is 9.37 Å². The molecule has 3 aromatic rings. The second-order valence-electron chi connectivity index (χ2n) is 5.24. The third-order valence-corrected chi connectivity index (χ3v) is 3.69. The monoisotopic (exact) mass is 334 g/mol. The van der Waals surface area contributed by atoms with Crippen molar-refractivity contribution < 1.29 is 9.31 Å². The van der Waals surface area contributed by atoms with Crippen molar-refractivity contribution >= 4 is 11.5 Å². The van der Waals surface area contributed by atoms with E-state index >= 15 is 0 Å². The number of anilines is 1. The highest BCUT2D eigenvalue weighted by Crippen LogP contribution is 2.31. The molecule has 122 valence electrons. The SMILES string of the molecule is N#Cc1c(-c2ccc(F)cc2)cc(-c2ccc([N+](=O)[O-])cc2)nc1N. The van der Waals surface area contributed by atoms with Crippen LogP contribution in [0.5, 0.6) is 0 Å². The lowest BCUT2D eigenvalue weighted by Gasteiger charge is -2.10. The lowest BCUT2D eigenvalue weighted by atomic mass is 9.98. The van der Waals surface area contributed by atoms with Crippen molar-refractivity contribution in [1.29, 1.82) is 5.26 Å². The second-order valence-corrected chi connectivity index (χ2v) is 5.24. The molecule has 7 heteroatoms. The van der Waals surface area contributed by atoms with E-state index in [1.54, 1.807) is 30.3 Å². The highest BCUT2D eigenvalue weighted by molar-refractivity contribution is 5.80. The maximum absolute atomic E-state index is 13.2. The minimum absolute atomic E-state index is 0.0378. The summed E-state index contributed by atoms with van der Waals surface area (Å²) in [6.45, 7) is 0. The van der Waals surface area contributed by atoms with Gasteiger partial charge in [0.05, 0.1) is 10.6 Å². The number of nitrogen functional groups attached to an aromatic ring is 1. The summed E-state index contributed by atoms with van der Waals surface area (Å²) in [5.41, 5.74) is 8.27. The van der Waals surface area contributed by atoms with E-state index in [1.165, 1.54) is 24.3 Å². The van der Waals surface area contributed by atoms with Crippen LogP contribution >= 0.6 is 0 Å². The zero-order valence-electron chi connectivity index (χ0n) is 12.8. The van der Waals surface area contributed by atoms with Crippen LogP contribution in [0.25, 0.3) is 22.4 Å². The number of benzene rings is 2. The number of nitro benzene ring substituents is 1. The first-order valence-corrected chi connectivity index (χ1v) is 7.21. The number of aromatic nitrogens is 1. The minimum atomic E-state index is -0.492. The molecule has 1 heterocycles. The fourth-order valence-corrected chi connectivity index (χ4v) is 2.44. The van der Waals surface area contributed by atoms with E-state index < -0.39 is 4.92 Å². The molecule has 25 heavy (non-hydrogen) atoms. The summed E-state index contributed by atoms with van der Waals surface area (Å²) in [5, 5.41) is 20.1. The number of nitriles is 1. The van der Waals surface area contributed by atoms with Gasteiger partial charge in [0.15, 0.2) is 0 Å². The smallest absolute Gasteiger partial charge is 0.269 e. The van der Waals surface area contributed by atoms with E-state index in [0.29, 0.717) is 22.4 Å². The lowest BCUT2D eigenvalue weighted by molar-refractivity contribution is -0.384. The average Bonchev–Trinajstić information content (AvgIpc) is 2.62. The van der Waals surface area contributed by atoms with Crippen molar-refractivity contribution in [1.82, 2.24) is 4.98 Å². The third kappa shape index (κ3) is 3.14. The zero-order valence-corrected chi connectivity index (χ0v) is 12.8. The van der Waals surface area contributed by atoms with Gasteiger partial charge in [0.25, 0.3) is 5.69 Å². The molecule has 0 atom stereocenters. The highest BCUT2D eigenvalue weighted by atomic mass is 19.1. The van der Waals surface area contributed by atoms with E-state index in [1.807, 2.05) is 6.07 Å². The molecule has 6 nitrogen and oxygen atoms in total. The number of pyridine rings is 1. The molecule has 0 aliphatic heterocycles. The first-order chi connectivity index (χ1) is 12.0. The highest BCUT2D eigenvalue weighted by Gasteiger charge is 2.14. The number of halogens is 1. The molecule has 2 aromatic carbocycles. The largest absolute Gasteiger partial charge is 0.383 e. The topological polar surface area (TPSA) is 106 Å². The van der Waals surface area contributed by atoms with Crippen molar-refractivity contribution in [2.75, 3.05) is 5.73 Å². The molecule has 0 saturated carbocycles. The molecular formula is C18H11FN4O2. The van der Waals surface area contributed by atoms with Crippen LogP contribution in [0.15, 0.2) is 54.6 Å². The van der Waals surface area contributed by atoms with Gasteiger partial charge in [-0.15, -0.1) is 0 Å². The van der Waals surface area contributed by atoms with Gasteiger partial charge in [0, 0.05) is 23.3 Å². The zero-order chi connectivity index (χ0) is 18.0. The second kappa shape index (κ2) is 6.37. The quantitative estimate of drug-likeness (QED) is 0.577. The number of nitrogens with zero attached hydrogens (tertiary/aromatic N) is 3. The van der Waals surface area contributed by atoms with Gasteiger partial charge < -0.3 is 5.73 Å². The molecule has 2 N–H and O–H groups in total. The predicted octanol–water partition coefficient (Wildman–Crippen LogP) is 3.92. The average molecular weight is 334 g/mol. The van der Waals surface area contributed by atoms with Crippen LogP contribution in [0.1, 0.15) is 5.56 Å². The molecule has 0 fully saturated rings. The van der Waals surface area contributed by atoms with Gasteiger partial charge in [-0.1, -0.05) is 12.1 Å². The van der Waals surface area contributed by atoms with E-state index in [2.05, 4.69) is 4.98 Å². The fourth-order valence-electron chi connectivity index (χ4n) is 2.44. The summed E-state index contributed by atoms with van der Waals surface area (Å²) >= 11 is 0. The van der Waals surface area contributed by atoms with Crippen LogP contribution < -0.4 is 5.73 Å². The Morgan fingerprint density at radius 1 is 1.08 bits per heavy atom. The van der Waals surface area contributed by atoms with E-state index in [0.717, 1.165) is 0 Å². The summed E-state index contributed by atoms with van der Waals surface area (Å²) in [6, 6.07) is 15.2. The van der Waals surface area contributed by atoms with Crippen LogP contribution in [0.4, 0.5) is 15.9 Å². The summed E-state index contributed by atoms with van der Waals surface area (Å²) in [4.78, 5) is 14.5. The Kier molecular flexibility index (Phi) is 4.10. The Bertz CT molecular complexity index is 993. The Labute approximate surface area is 142 Å². The molecule has 0 aliphatic rings. The maximum Gasteiger partial charge on any atom is 0.269 e. The van der Waals surface area contributed by atoms with E-state index in [4.69, 9.17) is 5.73 Å². The molecule has 0 spiro atoms. The third-order valence-electron chi connectivity index (χ3n) is 3.69. The van der Waals surface area contributed by atoms with E-state index in [9.17, 15) is 19.8 Å². The van der Waals surface area contributed by atoms with Crippen molar-refractivity contribution in [2.24, 2.45) is 0 Å². The number of hydrogen-bond donors (Lipinski definition) is 1. The Morgan fingerprint density at radius 2 is 1.68 bits per heavy atom. The van der Waals surface area contributed by atoms with Gasteiger partial charge in [-0.3, -0.25) is 10.1 Å². The molecule has 0 unspecified atom stereocenters. The summed E-state index contributed by atoms with van der Waals surface area (Å²) in [7, 11) is 0. The number of nitrogens with two attached hydrogens (primary N) is 1. The minimum Gasteiger partial charge on any atom is -0.383 e. The summed E-state index contributed by atoms with van der Waals surface area (Å²) in [6.07, 6.45) is 0. The van der Waals surface area contributed by atoms with Crippen LogP contribution in [0.2, 0.25) is 0 Å². The van der Waals surface area contributed by atoms with Crippen LogP contribution in [0, 0.1) is 27.3 Å². The fraction of sp³-hybridized carbons (Fsp3) is 0. The Morgan fingerprint density at radius 3 is 2.24 bits per heavy atom. The van der Waals surface area contributed by atoms with Crippen LogP contribution in [0.3, 0.4) is 0 Å². The summed E-state index contributed by atoms with van der Waals surface area (Å²) in [5.74, 6) is -0.349. The van der Waals surface area contributed by atoms with Crippen molar-refractivity contribution in [3.8, 4) is 28.5 Å². The maximum atomic E-state index is 13.2. The Balaban J connectivity index is 2.15. The van der Waals surface area contributed by atoms with Gasteiger partial charge in [0.2, 0.25) is 0 Å². The van der Waals surface area contributed by atoms with Crippen LogP contribution in [-0.4, -0.2) is 9.91 Å². The molecule has 0 amide bonds. The molecule has 0 radical (unpaired) electrons. The van der Waals surface area contributed by atoms with Gasteiger partial charge in [-0.05, 0) is 35.9 Å². The Hall–Kier alpha value is -3.79. The first kappa shape index (κ1) is 16.1. The number of non-ortho nitro benzene ring substituents is 1. The number of rotatable bonds is 3. The standard InChI is InChI=1S/C18H11FN4O2/c19-13-5-1-11(2-6-13)15-9-17(22-18(21)16(15)10-20)12-3-7-14(8-4-12)23(24)25/h1-9H,(H2,21,22).